The van der Waals surface area contributed by atoms with Crippen LogP contribution in [0, 0.1) is 17.8 Å². The Balaban J connectivity index is 1.01. The van der Waals surface area contributed by atoms with Crippen molar-refractivity contribution in [2.24, 2.45) is 17.8 Å². The largest absolute Gasteiger partial charge is 0.472 e. The number of unbranched alkanes of at least 4 members (excludes halogenated alkanes) is 1. The molecule has 0 bridgehead atoms. The number of rotatable bonds is 31. The Morgan fingerprint density at radius 3 is 1.35 bits per heavy atom. The second-order valence-corrected chi connectivity index (χ2v) is 24.9. The maximum absolute atomic E-state index is 13.9. The lowest BCUT2D eigenvalue weighted by Crippen LogP contribution is -2.55. The van der Waals surface area contributed by atoms with E-state index >= 15 is 0 Å². The van der Waals surface area contributed by atoms with Crippen LogP contribution in [0.3, 0.4) is 0 Å². The van der Waals surface area contributed by atoms with Gasteiger partial charge >= 0.3 is 15.6 Å². The second-order valence-electron chi connectivity index (χ2n) is 22.1. The van der Waals surface area contributed by atoms with Crippen molar-refractivity contribution in [2.45, 2.75) is 189 Å². The summed E-state index contributed by atoms with van der Waals surface area (Å²) in [6.45, 7) is 3.02. The first-order valence-corrected chi connectivity index (χ1v) is 30.9. The number of hydrogen-bond acceptors (Lipinski definition) is 26. The molecule has 6 aliphatic heterocycles. The van der Waals surface area contributed by atoms with Crippen LogP contribution >= 0.6 is 15.6 Å². The van der Waals surface area contributed by atoms with Gasteiger partial charge in [-0.1, -0.05) is 20.8 Å². The van der Waals surface area contributed by atoms with Crippen LogP contribution in [0.25, 0.3) is 0 Å². The molecule has 8 unspecified atom stereocenters. The Kier molecular flexibility index (Phi) is 27.0. The number of phosphoric ester groups is 2. The molecule has 0 aliphatic carbocycles. The van der Waals surface area contributed by atoms with Gasteiger partial charge in [-0.15, -0.1) is 0 Å². The van der Waals surface area contributed by atoms with Crippen molar-refractivity contribution in [2.75, 3.05) is 92.8 Å². The highest BCUT2D eigenvalue weighted by Gasteiger charge is 2.47. The van der Waals surface area contributed by atoms with Gasteiger partial charge in [0.15, 0.2) is 18.9 Å². The van der Waals surface area contributed by atoms with E-state index in [1.807, 2.05) is 4.90 Å². The van der Waals surface area contributed by atoms with E-state index in [0.29, 0.717) is 25.8 Å². The van der Waals surface area contributed by atoms with Crippen LogP contribution in [0.1, 0.15) is 78.6 Å². The van der Waals surface area contributed by atoms with Gasteiger partial charge in [0.05, 0.1) is 102 Å². The molecule has 6 aliphatic rings. The van der Waals surface area contributed by atoms with E-state index in [2.05, 4.69) is 0 Å². The van der Waals surface area contributed by atoms with Crippen molar-refractivity contribution in [1.82, 2.24) is 14.7 Å². The second kappa shape index (κ2) is 31.9. The predicted octanol–water partition coefficient (Wildman–Crippen LogP) is -3.11. The van der Waals surface area contributed by atoms with Gasteiger partial charge in [0, 0.05) is 70.0 Å². The maximum Gasteiger partial charge on any atom is 0.472 e. The third-order valence-corrected chi connectivity index (χ3v) is 18.1. The number of ether oxygens (including phenoxy) is 7. The van der Waals surface area contributed by atoms with Crippen LogP contribution in [-0.4, -0.2) is 290 Å². The molecule has 6 fully saturated rings. The van der Waals surface area contributed by atoms with Crippen LogP contribution in [0.4, 0.5) is 0 Å². The summed E-state index contributed by atoms with van der Waals surface area (Å²) in [5, 5.41) is 101. The molecule has 30 nitrogen and oxygen atoms in total. The molecule has 6 saturated heterocycles. The molecule has 0 spiro atoms. The monoisotopic (exact) mass is 1210 g/mol. The third-order valence-electron chi connectivity index (χ3n) is 16.0. The van der Waals surface area contributed by atoms with Gasteiger partial charge < -0.3 is 104 Å². The number of amides is 2. The molecule has 0 radical (unpaired) electrons. The Morgan fingerprint density at radius 1 is 0.519 bits per heavy atom. The number of β-amino-alcohol motifs (C(OH)–C–C–N with tert-alkyl or cyclic N) is 1. The topological polar surface area (TPSA) is 422 Å². The first-order valence-electron chi connectivity index (χ1n) is 27.9. The summed E-state index contributed by atoms with van der Waals surface area (Å²) in [6, 6.07) is -2.03. The van der Waals surface area contributed by atoms with Crippen LogP contribution in [0.5, 0.6) is 0 Å². The van der Waals surface area contributed by atoms with Gasteiger partial charge in [0.2, 0.25) is 11.8 Å². The number of nitrogens with zero attached hydrogens (tertiary/aromatic N) is 3. The number of aliphatic hydroxyl groups is 10. The van der Waals surface area contributed by atoms with Crippen LogP contribution in [0.2, 0.25) is 0 Å². The van der Waals surface area contributed by atoms with Gasteiger partial charge in [0.1, 0.15) is 36.6 Å². The summed E-state index contributed by atoms with van der Waals surface area (Å²) < 4.78 is 88.9. The normalized spacial score (nSPS) is 39.3. The Hall–Kier alpha value is -1.56. The molecule has 472 valence electrons. The molecular weight excluding hydrogens is 1120 g/mol. The van der Waals surface area contributed by atoms with E-state index in [0.717, 1.165) is 0 Å². The average molecular weight is 1210 g/mol. The number of methoxy groups -OCH3 is 1. The fraction of sp³-hybridized carbons (Fsp3) is 0.959. The Bertz CT molecular complexity index is 2020. The first kappa shape index (κ1) is 68.6. The summed E-state index contributed by atoms with van der Waals surface area (Å²) >= 11 is 0. The van der Waals surface area contributed by atoms with Crippen molar-refractivity contribution >= 4 is 27.5 Å². The molecule has 12 N–H and O–H groups in total. The lowest BCUT2D eigenvalue weighted by atomic mass is 9.92. The van der Waals surface area contributed by atoms with E-state index in [-0.39, 0.29) is 90.6 Å². The summed E-state index contributed by atoms with van der Waals surface area (Å²) in [4.78, 5) is 53.9. The summed E-state index contributed by atoms with van der Waals surface area (Å²) in [5.41, 5.74) is 0. The SMILES string of the molecule is COC[C@@H]1C[C@@H](OP(=O)(O)OC[C@@H]2C[C@@H](OP(=O)(O)OC[C@@H]3C[C@@H](O)CN3C(=O)CCCO[C@@H]3OC(CO)[C@H](O)[C@H](O)C3C)CN2C(=O)CCCO[C@@H]2OC(CO)[C@H](O)[C@H](O)C2C)CN1CCCCO[C@@H]1OC(CO)[C@H](O)[C@H](O)C1C. The quantitative estimate of drug-likeness (QED) is 0.0241. The van der Waals surface area contributed by atoms with Crippen LogP contribution in [0.15, 0.2) is 0 Å². The van der Waals surface area contributed by atoms with Gasteiger partial charge in [0.25, 0.3) is 0 Å². The number of aliphatic hydroxyl groups excluding tert-OH is 10. The van der Waals surface area contributed by atoms with Crippen molar-refractivity contribution in [3.05, 3.63) is 0 Å². The van der Waals surface area contributed by atoms with Crippen molar-refractivity contribution in [3.63, 3.8) is 0 Å². The molecule has 0 aromatic rings. The van der Waals surface area contributed by atoms with E-state index in [4.69, 9.17) is 51.3 Å². The minimum atomic E-state index is -4.96. The van der Waals surface area contributed by atoms with E-state index in [9.17, 15) is 79.6 Å². The predicted molar refractivity (Wildman–Crippen MR) is 276 cm³/mol. The van der Waals surface area contributed by atoms with Gasteiger partial charge in [-0.25, -0.2) is 9.13 Å². The van der Waals surface area contributed by atoms with Gasteiger partial charge in [-0.05, 0) is 51.5 Å². The number of hydrogen-bond donors (Lipinski definition) is 12. The summed E-state index contributed by atoms with van der Waals surface area (Å²) in [5.74, 6) is -2.81. The number of phosphoric acid groups is 2. The Morgan fingerprint density at radius 2 is 0.914 bits per heavy atom. The van der Waals surface area contributed by atoms with Crippen LogP contribution in [-0.2, 0) is 70.0 Å². The zero-order valence-electron chi connectivity index (χ0n) is 46.4. The standard InChI is InChI=1S/C49H89N3O27P2/c1-27-41(59)44(62)36(21-53)75-47(27)70-12-6-5-11-50-19-34(16-30(50)24-69-4)78-80(65,66)74-26-32-17-35(20-52(32)40(58)10-8-14-72-49-29(3)43(61)46(64)38(23-55)77-49)79-81(67,68)73-25-31-15-33(56)18-51(31)39(57)9-7-13-71-48-28(2)42(60)45(63)37(22-54)76-48/h27-38,41-49,53-56,59-64H,5-26H2,1-4H3,(H,65,66)(H,67,68)/t27?,28?,29?,30-,31-,32-,33+,34+,35+,36?,37?,38?,41+,42+,43+,44-,45-,46-,47+,48+,49+/m0/s1. The molecule has 81 heavy (non-hydrogen) atoms. The maximum atomic E-state index is 13.9. The number of likely N-dealkylation sites (tertiary alicyclic amines) is 3. The summed E-state index contributed by atoms with van der Waals surface area (Å²) in [6.07, 6.45) is -15.0. The fourth-order valence-corrected chi connectivity index (χ4v) is 13.1. The van der Waals surface area contributed by atoms with E-state index in [1.54, 1.807) is 20.8 Å². The molecule has 0 aromatic heterocycles. The first-order chi connectivity index (χ1) is 38.4. The number of carbonyl (C=O) groups excluding carboxylic acids is 2. The molecule has 0 saturated carbocycles. The zero-order chi connectivity index (χ0) is 59.3. The van der Waals surface area contributed by atoms with E-state index < -0.39 is 182 Å². The lowest BCUT2D eigenvalue weighted by molar-refractivity contribution is -0.282. The molecule has 0 aromatic carbocycles. The van der Waals surface area contributed by atoms with Gasteiger partial charge in [-0.2, -0.15) is 0 Å². The minimum Gasteiger partial charge on any atom is -0.394 e. The molecule has 6 heterocycles. The lowest BCUT2D eigenvalue weighted by Gasteiger charge is -2.40. The van der Waals surface area contributed by atoms with Crippen LogP contribution < -0.4 is 0 Å². The third kappa shape index (κ3) is 19.0. The van der Waals surface area contributed by atoms with Crippen molar-refractivity contribution in [1.29, 1.82) is 0 Å². The van der Waals surface area contributed by atoms with Crippen molar-refractivity contribution < 1.29 is 131 Å². The number of carbonyl (C=O) groups is 2. The summed E-state index contributed by atoms with van der Waals surface area (Å²) in [7, 11) is -8.28. The van der Waals surface area contributed by atoms with Gasteiger partial charge in [-0.3, -0.25) is 32.6 Å². The smallest absolute Gasteiger partial charge is 0.394 e. The highest BCUT2D eigenvalue weighted by Crippen LogP contribution is 2.49. The van der Waals surface area contributed by atoms with E-state index in [1.165, 1.54) is 16.9 Å². The Labute approximate surface area is 471 Å². The zero-order valence-corrected chi connectivity index (χ0v) is 48.2. The fourth-order valence-electron chi connectivity index (χ4n) is 11.2. The molecule has 23 atom stereocenters. The average Bonchev–Trinajstić information content (AvgIpc) is 4.26. The molecule has 32 heteroatoms. The molecule has 2 amide bonds. The molecule has 6 rings (SSSR count). The minimum absolute atomic E-state index is 0.00139. The van der Waals surface area contributed by atoms with Crippen molar-refractivity contribution in [3.8, 4) is 0 Å². The highest BCUT2D eigenvalue weighted by molar-refractivity contribution is 7.47. The highest BCUT2D eigenvalue weighted by atomic mass is 31.2. The molecular formula is C49H89N3O27P2.